The van der Waals surface area contributed by atoms with Crippen molar-refractivity contribution < 1.29 is 27.2 Å². The molecule has 0 radical (unpaired) electrons. The fourth-order valence-electron chi connectivity index (χ4n) is 6.14. The minimum Gasteiger partial charge on any atom is -0.406 e. The molecule has 6 rings (SSSR count). The molecule has 0 amide bonds. The van der Waals surface area contributed by atoms with Gasteiger partial charge in [0.1, 0.15) is 15.7 Å². The van der Waals surface area contributed by atoms with Gasteiger partial charge in [-0.05, 0) is 72.5 Å². The van der Waals surface area contributed by atoms with Gasteiger partial charge < -0.3 is 19.6 Å². The zero-order valence-electron chi connectivity index (χ0n) is 24.0. The van der Waals surface area contributed by atoms with Crippen LogP contribution in [-0.4, -0.2) is 54.0 Å². The van der Waals surface area contributed by atoms with Gasteiger partial charge in [0.05, 0.1) is 23.1 Å². The smallest absolute Gasteiger partial charge is 0.406 e. The van der Waals surface area contributed by atoms with Crippen LogP contribution in [0, 0.1) is 0 Å². The summed E-state index contributed by atoms with van der Waals surface area (Å²) in [5, 5.41) is 12.1. The topological polar surface area (TPSA) is 77.4 Å². The number of nitrogens with one attached hydrogen (secondary N) is 1. The molecule has 4 aromatic carbocycles. The quantitative estimate of drug-likeness (QED) is 0.272. The lowest BCUT2D eigenvalue weighted by Gasteiger charge is -2.48. The number of hydrogen-bond donors (Lipinski definition) is 2. The zero-order valence-corrected chi connectivity index (χ0v) is 24.8. The molecule has 1 saturated heterocycles. The number of rotatable bonds is 6. The van der Waals surface area contributed by atoms with Crippen LogP contribution in [-0.2, 0) is 22.8 Å². The first-order valence-electron chi connectivity index (χ1n) is 14.4. The molecule has 2 aliphatic rings. The minimum absolute atomic E-state index is 0.181. The predicted octanol–water partition coefficient (Wildman–Crippen LogP) is 6.10. The zero-order chi connectivity index (χ0) is 30.9. The van der Waals surface area contributed by atoms with Crippen LogP contribution in [0.3, 0.4) is 0 Å². The molecule has 230 valence electrons. The molecule has 44 heavy (non-hydrogen) atoms. The number of fused-ring (bicyclic) bond motifs is 2. The van der Waals surface area contributed by atoms with Gasteiger partial charge in [-0.25, -0.2) is 13.3 Å². The molecule has 2 N–H and O–H groups in total. The van der Waals surface area contributed by atoms with Crippen molar-refractivity contribution in [3.05, 3.63) is 114 Å². The van der Waals surface area contributed by atoms with E-state index in [1.165, 1.54) is 30.3 Å². The van der Waals surface area contributed by atoms with Crippen LogP contribution in [0.5, 0.6) is 5.75 Å². The molecule has 7 nitrogen and oxygen atoms in total. The standard InChI is InChI=1S/C33H33F3N4O3S/c1-37-44(42,27-19-17-26(18-20-27)43-33(34,35)36)38-28-21-39(25-11-3-2-4-12-25)22-31(32(28)41)40-29-13-7-5-9-23(29)15-16-24-10-6-8-14-30(24)40/h2-14,17-20,28,31-32,41H,15-16,21-22H2,1H3,(H,37,38,42). The van der Waals surface area contributed by atoms with Crippen LogP contribution in [0.15, 0.2) is 112 Å². The van der Waals surface area contributed by atoms with Crippen molar-refractivity contribution in [2.75, 3.05) is 29.9 Å². The molecular formula is C33H33F3N4O3S. The number of nitrogens with zero attached hydrogens (tertiary/aromatic N) is 3. The summed E-state index contributed by atoms with van der Waals surface area (Å²) < 4.78 is 63.7. The predicted molar refractivity (Wildman–Crippen MR) is 166 cm³/mol. The van der Waals surface area contributed by atoms with Gasteiger partial charge in [-0.15, -0.1) is 13.2 Å². The Kier molecular flexibility index (Phi) is 8.28. The Balaban J connectivity index is 1.40. The number of para-hydroxylation sites is 3. The van der Waals surface area contributed by atoms with Gasteiger partial charge >= 0.3 is 6.36 Å². The second-order valence-electron chi connectivity index (χ2n) is 10.9. The monoisotopic (exact) mass is 622 g/mol. The van der Waals surface area contributed by atoms with Crippen LogP contribution in [0.25, 0.3) is 0 Å². The first-order chi connectivity index (χ1) is 21.1. The van der Waals surface area contributed by atoms with Crippen LogP contribution < -0.4 is 19.3 Å². The normalized spacial score (nSPS) is 21.4. The second kappa shape index (κ2) is 12.1. The molecule has 0 saturated carbocycles. The Morgan fingerprint density at radius 2 is 1.41 bits per heavy atom. The van der Waals surface area contributed by atoms with E-state index in [0.717, 1.165) is 42.0 Å². The summed E-state index contributed by atoms with van der Waals surface area (Å²) in [6, 6.07) is 29.9. The molecule has 11 heteroatoms. The third-order valence-corrected chi connectivity index (χ3v) is 10.2. The van der Waals surface area contributed by atoms with Gasteiger partial charge in [0.15, 0.2) is 0 Å². The molecule has 0 aliphatic carbocycles. The number of benzene rings is 4. The Hall–Kier alpha value is -4.06. The van der Waals surface area contributed by atoms with E-state index in [1.54, 1.807) is 0 Å². The molecular weight excluding hydrogens is 589 g/mol. The highest BCUT2D eigenvalue weighted by atomic mass is 32.2. The van der Waals surface area contributed by atoms with E-state index in [2.05, 4.69) is 47.9 Å². The fraction of sp³-hybridized carbons (Fsp3) is 0.273. The maximum atomic E-state index is 14.3. The third-order valence-electron chi connectivity index (χ3n) is 8.19. The molecule has 2 aliphatic heterocycles. The van der Waals surface area contributed by atoms with Gasteiger partial charge in [-0.3, -0.25) is 0 Å². The molecule has 0 aromatic heterocycles. The Morgan fingerprint density at radius 3 is 1.98 bits per heavy atom. The van der Waals surface area contributed by atoms with Crippen molar-refractivity contribution in [2.24, 2.45) is 4.36 Å². The number of alkyl halides is 3. The highest BCUT2D eigenvalue weighted by Crippen LogP contribution is 2.40. The van der Waals surface area contributed by atoms with Crippen molar-refractivity contribution in [2.45, 2.75) is 42.3 Å². The van der Waals surface area contributed by atoms with Crippen molar-refractivity contribution in [3.63, 3.8) is 0 Å². The molecule has 4 unspecified atom stereocenters. The average molecular weight is 623 g/mol. The number of piperidine rings is 1. The summed E-state index contributed by atoms with van der Waals surface area (Å²) >= 11 is 0. The number of hydrogen-bond acceptors (Lipinski definition) is 6. The van der Waals surface area contributed by atoms with E-state index in [0.29, 0.717) is 13.1 Å². The molecule has 4 aromatic rings. The second-order valence-corrected chi connectivity index (χ2v) is 13.0. The number of anilines is 3. The van der Waals surface area contributed by atoms with Crippen LogP contribution >= 0.6 is 0 Å². The minimum atomic E-state index is -4.84. The van der Waals surface area contributed by atoms with E-state index in [1.807, 2.05) is 54.6 Å². The summed E-state index contributed by atoms with van der Waals surface area (Å²) in [5.41, 5.74) is 5.31. The van der Waals surface area contributed by atoms with Gasteiger partial charge in [-0.2, -0.15) is 0 Å². The molecule has 4 atom stereocenters. The van der Waals surface area contributed by atoms with Crippen molar-refractivity contribution >= 4 is 27.0 Å². The highest BCUT2D eigenvalue weighted by molar-refractivity contribution is 7.91. The Morgan fingerprint density at radius 1 is 0.841 bits per heavy atom. The Bertz CT molecular complexity index is 1680. The summed E-state index contributed by atoms with van der Waals surface area (Å²) in [6.45, 7) is 0.806. The summed E-state index contributed by atoms with van der Waals surface area (Å²) in [5.74, 6) is -0.425. The average Bonchev–Trinajstić information content (AvgIpc) is 3.19. The van der Waals surface area contributed by atoms with E-state index < -0.39 is 40.2 Å². The van der Waals surface area contributed by atoms with E-state index in [4.69, 9.17) is 0 Å². The lowest BCUT2D eigenvalue weighted by molar-refractivity contribution is -0.274. The van der Waals surface area contributed by atoms with E-state index in [9.17, 15) is 22.5 Å². The number of halogens is 3. The van der Waals surface area contributed by atoms with Gasteiger partial charge in [0.2, 0.25) is 0 Å². The lowest BCUT2D eigenvalue weighted by Crippen LogP contribution is -2.65. The van der Waals surface area contributed by atoms with Gasteiger partial charge in [0.25, 0.3) is 0 Å². The first-order valence-corrected chi connectivity index (χ1v) is 15.9. The van der Waals surface area contributed by atoms with Crippen molar-refractivity contribution in [1.82, 2.24) is 4.72 Å². The van der Waals surface area contributed by atoms with E-state index in [-0.39, 0.29) is 4.90 Å². The van der Waals surface area contributed by atoms with Crippen molar-refractivity contribution in [1.29, 1.82) is 0 Å². The lowest BCUT2D eigenvalue weighted by atomic mass is 9.94. The molecule has 0 spiro atoms. The first kappa shape index (κ1) is 30.0. The molecule has 2 heterocycles. The number of aryl methyl sites for hydroxylation is 2. The summed E-state index contributed by atoms with van der Waals surface area (Å²) in [4.78, 5) is 4.54. The highest BCUT2D eigenvalue weighted by Gasteiger charge is 2.42. The van der Waals surface area contributed by atoms with Crippen LogP contribution in [0.2, 0.25) is 0 Å². The third kappa shape index (κ3) is 6.12. The van der Waals surface area contributed by atoms with Crippen LogP contribution in [0.1, 0.15) is 11.1 Å². The maximum Gasteiger partial charge on any atom is 0.573 e. The molecule has 0 bridgehead atoms. The summed E-state index contributed by atoms with van der Waals surface area (Å²) in [7, 11) is -1.97. The van der Waals surface area contributed by atoms with E-state index >= 15 is 0 Å². The summed E-state index contributed by atoms with van der Waals surface area (Å²) in [6.07, 6.45) is -4.13. The van der Waals surface area contributed by atoms with Crippen LogP contribution in [0.4, 0.5) is 30.2 Å². The van der Waals surface area contributed by atoms with Gasteiger partial charge in [0, 0.05) is 37.2 Å². The SMILES string of the molecule is CN=S(=O)(NC1CN(c2ccccc2)CC(N2c3ccccc3CCc3ccccc32)C1O)c1ccc(OC(F)(F)F)cc1. The maximum absolute atomic E-state index is 14.3. The fourth-order valence-corrected chi connectivity index (χ4v) is 7.72. The largest absolute Gasteiger partial charge is 0.573 e. The number of aliphatic hydroxyl groups is 1. The number of aliphatic hydroxyl groups excluding tert-OH is 1. The van der Waals surface area contributed by atoms with Gasteiger partial charge in [-0.1, -0.05) is 54.6 Å². The van der Waals surface area contributed by atoms with Crippen molar-refractivity contribution in [3.8, 4) is 5.75 Å². The Labute approximate surface area is 255 Å². The molecule has 1 fully saturated rings. The number of ether oxygens (including phenoxy) is 1.